The van der Waals surface area contributed by atoms with Crippen LogP contribution in [0.2, 0.25) is 0 Å². The van der Waals surface area contributed by atoms with Gasteiger partial charge in [-0.3, -0.25) is 14.6 Å². The largest absolute Gasteiger partial charge is 0.340 e. The van der Waals surface area contributed by atoms with Crippen LogP contribution in [-0.2, 0) is 16.1 Å². The van der Waals surface area contributed by atoms with Gasteiger partial charge < -0.3 is 10.2 Å². The molecule has 0 saturated carbocycles. The first-order valence-electron chi connectivity index (χ1n) is 7.43. The first kappa shape index (κ1) is 15.9. The Kier molecular flexibility index (Phi) is 4.66. The van der Waals surface area contributed by atoms with Crippen molar-refractivity contribution in [2.24, 2.45) is 5.92 Å². The summed E-state index contributed by atoms with van der Waals surface area (Å²) in [7, 11) is 0. The molecule has 1 aromatic heterocycles. The SMILES string of the molecule is CCC(C)C1C(=O)NC(C)(CC)C(=O)N1Cc1cncs1. The predicted octanol–water partition coefficient (Wildman–Crippen LogP) is 2.18. The van der Waals surface area contributed by atoms with Gasteiger partial charge in [0.2, 0.25) is 11.8 Å². The number of hydrogen-bond donors (Lipinski definition) is 1. The number of thiazole rings is 1. The second kappa shape index (κ2) is 6.13. The van der Waals surface area contributed by atoms with Gasteiger partial charge in [-0.25, -0.2) is 0 Å². The molecule has 5 nitrogen and oxygen atoms in total. The van der Waals surface area contributed by atoms with E-state index in [9.17, 15) is 9.59 Å². The second-order valence-corrected chi connectivity index (χ2v) is 6.88. The lowest BCUT2D eigenvalue weighted by molar-refractivity contribution is -0.157. The zero-order chi connectivity index (χ0) is 15.6. The van der Waals surface area contributed by atoms with Crippen LogP contribution in [0.1, 0.15) is 45.4 Å². The zero-order valence-electron chi connectivity index (χ0n) is 13.0. The van der Waals surface area contributed by atoms with Crippen molar-refractivity contribution >= 4 is 23.2 Å². The van der Waals surface area contributed by atoms with Crippen LogP contribution >= 0.6 is 11.3 Å². The number of amides is 2. The fourth-order valence-corrected chi connectivity index (χ4v) is 3.26. The van der Waals surface area contributed by atoms with Gasteiger partial charge in [0.25, 0.3) is 0 Å². The Morgan fingerprint density at radius 1 is 1.48 bits per heavy atom. The van der Waals surface area contributed by atoms with Crippen LogP contribution in [0.4, 0.5) is 0 Å². The molecule has 3 atom stereocenters. The summed E-state index contributed by atoms with van der Waals surface area (Å²) < 4.78 is 0. The van der Waals surface area contributed by atoms with Crippen LogP contribution in [0.3, 0.4) is 0 Å². The van der Waals surface area contributed by atoms with Crippen molar-refractivity contribution < 1.29 is 9.59 Å². The molecule has 1 aromatic rings. The molecule has 1 aliphatic heterocycles. The smallest absolute Gasteiger partial charge is 0.249 e. The molecule has 2 amide bonds. The van der Waals surface area contributed by atoms with Crippen LogP contribution in [0.25, 0.3) is 0 Å². The highest BCUT2D eigenvalue weighted by molar-refractivity contribution is 7.09. The van der Waals surface area contributed by atoms with Crippen LogP contribution in [0.15, 0.2) is 11.7 Å². The average Bonchev–Trinajstić information content (AvgIpc) is 2.97. The summed E-state index contributed by atoms with van der Waals surface area (Å²) >= 11 is 1.51. The molecule has 1 aliphatic rings. The van der Waals surface area contributed by atoms with Crippen molar-refractivity contribution in [2.45, 2.75) is 58.7 Å². The Morgan fingerprint density at radius 3 is 2.71 bits per heavy atom. The molecule has 0 spiro atoms. The number of piperazine rings is 1. The fraction of sp³-hybridized carbons (Fsp3) is 0.667. The number of hydrogen-bond acceptors (Lipinski definition) is 4. The highest BCUT2D eigenvalue weighted by atomic mass is 32.1. The van der Waals surface area contributed by atoms with E-state index in [1.807, 2.05) is 20.8 Å². The molecule has 0 bridgehead atoms. The number of nitrogens with zero attached hydrogens (tertiary/aromatic N) is 2. The fourth-order valence-electron chi connectivity index (χ4n) is 2.67. The van der Waals surface area contributed by atoms with Crippen molar-refractivity contribution in [3.8, 4) is 0 Å². The first-order valence-corrected chi connectivity index (χ1v) is 8.31. The van der Waals surface area contributed by atoms with Crippen molar-refractivity contribution in [1.29, 1.82) is 0 Å². The van der Waals surface area contributed by atoms with Crippen LogP contribution < -0.4 is 5.32 Å². The van der Waals surface area contributed by atoms with Crippen LogP contribution in [0.5, 0.6) is 0 Å². The van der Waals surface area contributed by atoms with E-state index < -0.39 is 11.6 Å². The number of nitrogens with one attached hydrogen (secondary N) is 1. The Hall–Kier alpha value is -1.43. The Balaban J connectivity index is 2.35. The van der Waals surface area contributed by atoms with Gasteiger partial charge in [-0.05, 0) is 19.3 Å². The van der Waals surface area contributed by atoms with E-state index in [1.165, 1.54) is 11.3 Å². The molecule has 2 heterocycles. The lowest BCUT2D eigenvalue weighted by Gasteiger charge is -2.45. The van der Waals surface area contributed by atoms with Crippen molar-refractivity contribution in [3.63, 3.8) is 0 Å². The highest BCUT2D eigenvalue weighted by Gasteiger charge is 2.48. The van der Waals surface area contributed by atoms with Crippen LogP contribution in [0, 0.1) is 5.92 Å². The monoisotopic (exact) mass is 309 g/mol. The summed E-state index contributed by atoms with van der Waals surface area (Å²) in [6, 6.07) is -0.399. The minimum absolute atomic E-state index is 0.00306. The number of carbonyl (C=O) groups excluding carboxylic acids is 2. The molecule has 6 heteroatoms. The third-order valence-electron chi connectivity index (χ3n) is 4.44. The number of carbonyl (C=O) groups is 2. The standard InChI is InChI=1S/C15H23N3O2S/c1-5-10(3)12-13(19)17-15(4,6-2)14(20)18(12)8-11-7-16-9-21-11/h7,9-10,12H,5-6,8H2,1-4H3,(H,17,19). The van der Waals surface area contributed by atoms with Gasteiger partial charge in [-0.15, -0.1) is 11.3 Å². The molecular weight excluding hydrogens is 286 g/mol. The topological polar surface area (TPSA) is 62.3 Å². The van der Waals surface area contributed by atoms with Gasteiger partial charge in [0.15, 0.2) is 0 Å². The quantitative estimate of drug-likeness (QED) is 0.907. The molecular formula is C15H23N3O2S. The molecule has 3 unspecified atom stereocenters. The minimum Gasteiger partial charge on any atom is -0.340 e. The molecule has 1 N–H and O–H groups in total. The van der Waals surface area contributed by atoms with E-state index in [4.69, 9.17) is 0 Å². The maximum Gasteiger partial charge on any atom is 0.249 e. The predicted molar refractivity (Wildman–Crippen MR) is 82.7 cm³/mol. The Morgan fingerprint density at radius 2 is 2.19 bits per heavy atom. The van der Waals surface area contributed by atoms with Gasteiger partial charge in [-0.2, -0.15) is 0 Å². The summed E-state index contributed by atoms with van der Waals surface area (Å²) in [6.45, 7) is 8.25. The molecule has 21 heavy (non-hydrogen) atoms. The molecule has 2 rings (SSSR count). The van der Waals surface area contributed by atoms with Crippen molar-refractivity contribution in [2.75, 3.05) is 0 Å². The van der Waals surface area contributed by atoms with E-state index in [1.54, 1.807) is 23.5 Å². The van der Waals surface area contributed by atoms with E-state index in [-0.39, 0.29) is 17.7 Å². The number of aromatic nitrogens is 1. The number of rotatable bonds is 5. The Bertz CT molecular complexity index is 517. The molecule has 116 valence electrons. The summed E-state index contributed by atoms with van der Waals surface area (Å²) in [5, 5.41) is 2.92. The minimum atomic E-state index is -0.800. The van der Waals surface area contributed by atoms with E-state index in [2.05, 4.69) is 10.3 Å². The summed E-state index contributed by atoms with van der Waals surface area (Å²) in [5.74, 6) is 0.0874. The maximum absolute atomic E-state index is 12.9. The first-order chi connectivity index (χ1) is 9.92. The normalized spacial score (nSPS) is 27.6. The summed E-state index contributed by atoms with van der Waals surface area (Å²) in [6.07, 6.45) is 3.21. The van der Waals surface area contributed by atoms with Gasteiger partial charge in [0, 0.05) is 11.1 Å². The maximum atomic E-state index is 12.9. The van der Waals surface area contributed by atoms with E-state index >= 15 is 0 Å². The van der Waals surface area contributed by atoms with E-state index in [0.29, 0.717) is 13.0 Å². The third kappa shape index (κ3) is 2.95. The second-order valence-electron chi connectivity index (χ2n) is 5.91. The third-order valence-corrected chi connectivity index (χ3v) is 5.20. The lowest BCUT2D eigenvalue weighted by atomic mass is 9.87. The molecule has 1 saturated heterocycles. The summed E-state index contributed by atoms with van der Waals surface area (Å²) in [5.41, 5.74) is 0.951. The molecule has 1 fully saturated rings. The zero-order valence-corrected chi connectivity index (χ0v) is 13.9. The van der Waals surface area contributed by atoms with Crippen molar-refractivity contribution in [1.82, 2.24) is 15.2 Å². The van der Waals surface area contributed by atoms with Gasteiger partial charge in [-0.1, -0.05) is 27.2 Å². The van der Waals surface area contributed by atoms with Gasteiger partial charge in [0.1, 0.15) is 11.6 Å². The highest BCUT2D eigenvalue weighted by Crippen LogP contribution is 2.28. The average molecular weight is 309 g/mol. The lowest BCUT2D eigenvalue weighted by Crippen LogP contribution is -2.69. The summed E-state index contributed by atoms with van der Waals surface area (Å²) in [4.78, 5) is 32.2. The van der Waals surface area contributed by atoms with Gasteiger partial charge >= 0.3 is 0 Å². The molecule has 0 aromatic carbocycles. The van der Waals surface area contributed by atoms with Crippen molar-refractivity contribution in [3.05, 3.63) is 16.6 Å². The van der Waals surface area contributed by atoms with Gasteiger partial charge in [0.05, 0.1) is 12.1 Å². The molecule has 0 aliphatic carbocycles. The Labute approximate surface area is 129 Å². The van der Waals surface area contributed by atoms with Crippen LogP contribution in [-0.4, -0.2) is 33.3 Å². The van der Waals surface area contributed by atoms with E-state index in [0.717, 1.165) is 11.3 Å². The molecule has 0 radical (unpaired) electrons.